The van der Waals surface area contributed by atoms with Gasteiger partial charge in [-0.15, -0.1) is 11.6 Å². The lowest BCUT2D eigenvalue weighted by molar-refractivity contribution is 0.0977. The Labute approximate surface area is 121 Å². The summed E-state index contributed by atoms with van der Waals surface area (Å²) in [5.74, 6) is 3.65. The number of hydrogen-bond donors (Lipinski definition) is 0. The van der Waals surface area contributed by atoms with Crippen LogP contribution in [0.5, 0.6) is 11.5 Å². The van der Waals surface area contributed by atoms with Crippen LogP contribution in [-0.2, 0) is 5.88 Å². The Morgan fingerprint density at radius 3 is 2.58 bits per heavy atom. The number of rotatable bonds is 4. The summed E-state index contributed by atoms with van der Waals surface area (Å²) in [6.07, 6.45) is 3.81. The van der Waals surface area contributed by atoms with E-state index in [9.17, 15) is 0 Å². The van der Waals surface area contributed by atoms with Crippen LogP contribution in [0.3, 0.4) is 0 Å². The summed E-state index contributed by atoms with van der Waals surface area (Å²) in [5, 5.41) is 0. The molecule has 106 valence electrons. The summed E-state index contributed by atoms with van der Waals surface area (Å²) in [4.78, 5) is 0. The normalized spacial score (nSPS) is 27.1. The molecule has 0 radical (unpaired) electrons. The van der Waals surface area contributed by atoms with Gasteiger partial charge in [-0.1, -0.05) is 19.9 Å². The molecule has 2 nitrogen and oxygen atoms in total. The second-order valence-electron chi connectivity index (χ2n) is 5.63. The molecule has 0 spiro atoms. The van der Waals surface area contributed by atoms with Crippen molar-refractivity contribution in [1.82, 2.24) is 0 Å². The van der Waals surface area contributed by atoms with E-state index in [1.807, 2.05) is 18.2 Å². The average molecular weight is 283 g/mol. The summed E-state index contributed by atoms with van der Waals surface area (Å²) in [5.41, 5.74) is 1.05. The molecule has 1 aliphatic rings. The molecule has 1 aromatic carbocycles. The van der Waals surface area contributed by atoms with Gasteiger partial charge in [-0.05, 0) is 48.8 Å². The molecule has 3 unspecified atom stereocenters. The van der Waals surface area contributed by atoms with Gasteiger partial charge in [0.15, 0.2) is 11.5 Å². The van der Waals surface area contributed by atoms with Crippen LogP contribution in [0.1, 0.15) is 38.7 Å². The van der Waals surface area contributed by atoms with Crippen LogP contribution in [0.25, 0.3) is 0 Å². The molecule has 19 heavy (non-hydrogen) atoms. The first kappa shape index (κ1) is 14.5. The molecule has 1 aliphatic carbocycles. The Kier molecular flexibility index (Phi) is 4.98. The van der Waals surface area contributed by atoms with Crippen molar-refractivity contribution in [3.8, 4) is 11.5 Å². The van der Waals surface area contributed by atoms with Crippen molar-refractivity contribution in [3.05, 3.63) is 23.8 Å². The number of ether oxygens (including phenoxy) is 2. The molecule has 0 bridgehead atoms. The highest BCUT2D eigenvalue weighted by Gasteiger charge is 2.26. The van der Waals surface area contributed by atoms with Crippen LogP contribution >= 0.6 is 11.6 Å². The van der Waals surface area contributed by atoms with Crippen LogP contribution < -0.4 is 9.47 Å². The van der Waals surface area contributed by atoms with Crippen molar-refractivity contribution in [3.63, 3.8) is 0 Å². The zero-order valence-corrected chi connectivity index (χ0v) is 12.7. The van der Waals surface area contributed by atoms with Gasteiger partial charge in [-0.25, -0.2) is 0 Å². The standard InChI is InChI=1S/C16H23ClO2/c1-11-4-6-14(8-12(11)2)19-15-7-5-13(10-17)9-16(15)18-3/h5,7,9,11-12,14H,4,6,8,10H2,1-3H3. The molecule has 0 aliphatic heterocycles. The zero-order valence-electron chi connectivity index (χ0n) is 12.0. The SMILES string of the molecule is COc1cc(CCl)ccc1OC1CCC(C)C(C)C1. The molecule has 1 saturated carbocycles. The van der Waals surface area contributed by atoms with Gasteiger partial charge < -0.3 is 9.47 Å². The summed E-state index contributed by atoms with van der Waals surface area (Å²) in [6.45, 7) is 4.64. The monoisotopic (exact) mass is 282 g/mol. The Balaban J connectivity index is 2.06. The molecule has 0 amide bonds. The molecule has 2 rings (SSSR count). The number of alkyl halides is 1. The van der Waals surface area contributed by atoms with E-state index in [0.29, 0.717) is 12.0 Å². The molecular formula is C16H23ClO2. The number of hydrogen-bond acceptors (Lipinski definition) is 2. The van der Waals surface area contributed by atoms with Crippen LogP contribution in [0, 0.1) is 11.8 Å². The molecule has 1 aromatic rings. The first-order chi connectivity index (χ1) is 9.13. The van der Waals surface area contributed by atoms with E-state index >= 15 is 0 Å². The predicted molar refractivity (Wildman–Crippen MR) is 79.1 cm³/mol. The van der Waals surface area contributed by atoms with Gasteiger partial charge in [0.2, 0.25) is 0 Å². The van der Waals surface area contributed by atoms with E-state index in [1.165, 1.54) is 6.42 Å². The fourth-order valence-corrected chi connectivity index (χ4v) is 2.84. The third-order valence-corrected chi connectivity index (χ3v) is 4.53. The Bertz CT molecular complexity index is 419. The maximum atomic E-state index is 6.13. The second-order valence-corrected chi connectivity index (χ2v) is 5.89. The van der Waals surface area contributed by atoms with Gasteiger partial charge in [-0.2, -0.15) is 0 Å². The highest BCUT2D eigenvalue weighted by atomic mass is 35.5. The minimum atomic E-state index is 0.307. The van der Waals surface area contributed by atoms with E-state index in [4.69, 9.17) is 21.1 Å². The predicted octanol–water partition coefficient (Wildman–Crippen LogP) is 4.64. The summed E-state index contributed by atoms with van der Waals surface area (Å²) >= 11 is 5.84. The molecule has 3 atom stereocenters. The first-order valence-electron chi connectivity index (χ1n) is 7.03. The van der Waals surface area contributed by atoms with Crippen molar-refractivity contribution in [2.75, 3.05) is 7.11 Å². The maximum absolute atomic E-state index is 6.13. The van der Waals surface area contributed by atoms with Crippen molar-refractivity contribution in [2.45, 2.75) is 45.1 Å². The van der Waals surface area contributed by atoms with Gasteiger partial charge in [0.05, 0.1) is 13.2 Å². The van der Waals surface area contributed by atoms with Gasteiger partial charge in [0, 0.05) is 5.88 Å². The summed E-state index contributed by atoms with van der Waals surface area (Å²) < 4.78 is 11.5. The Morgan fingerprint density at radius 2 is 1.95 bits per heavy atom. The molecule has 0 heterocycles. The third-order valence-electron chi connectivity index (χ3n) is 4.23. The number of methoxy groups -OCH3 is 1. The van der Waals surface area contributed by atoms with Gasteiger partial charge in [0.1, 0.15) is 0 Å². The van der Waals surface area contributed by atoms with Gasteiger partial charge >= 0.3 is 0 Å². The lowest BCUT2D eigenvalue weighted by atomic mass is 9.80. The van der Waals surface area contributed by atoms with E-state index in [2.05, 4.69) is 13.8 Å². The van der Waals surface area contributed by atoms with Crippen LogP contribution in [0.15, 0.2) is 18.2 Å². The molecule has 0 N–H and O–H groups in total. The van der Waals surface area contributed by atoms with Crippen LogP contribution in [0.4, 0.5) is 0 Å². The van der Waals surface area contributed by atoms with Gasteiger partial charge in [-0.3, -0.25) is 0 Å². The Morgan fingerprint density at radius 1 is 1.16 bits per heavy atom. The van der Waals surface area contributed by atoms with E-state index < -0.39 is 0 Å². The van der Waals surface area contributed by atoms with E-state index in [1.54, 1.807) is 7.11 Å². The topological polar surface area (TPSA) is 18.5 Å². The number of benzene rings is 1. The summed E-state index contributed by atoms with van der Waals surface area (Å²) in [7, 11) is 1.67. The minimum Gasteiger partial charge on any atom is -0.493 e. The molecular weight excluding hydrogens is 260 g/mol. The van der Waals surface area contributed by atoms with Crippen LogP contribution in [0.2, 0.25) is 0 Å². The zero-order chi connectivity index (χ0) is 13.8. The quantitative estimate of drug-likeness (QED) is 0.749. The second kappa shape index (κ2) is 6.51. The fourth-order valence-electron chi connectivity index (χ4n) is 2.68. The maximum Gasteiger partial charge on any atom is 0.161 e. The highest BCUT2D eigenvalue weighted by Crippen LogP contribution is 2.35. The number of halogens is 1. The largest absolute Gasteiger partial charge is 0.493 e. The molecule has 3 heteroatoms. The van der Waals surface area contributed by atoms with E-state index in [0.717, 1.165) is 41.7 Å². The molecule has 0 aromatic heterocycles. The summed E-state index contributed by atoms with van der Waals surface area (Å²) in [6, 6.07) is 5.93. The highest BCUT2D eigenvalue weighted by molar-refractivity contribution is 6.17. The van der Waals surface area contributed by atoms with Crippen molar-refractivity contribution in [2.24, 2.45) is 11.8 Å². The fraction of sp³-hybridized carbons (Fsp3) is 0.625. The smallest absolute Gasteiger partial charge is 0.161 e. The van der Waals surface area contributed by atoms with Crippen molar-refractivity contribution in [1.29, 1.82) is 0 Å². The molecule has 1 fully saturated rings. The lowest BCUT2D eigenvalue weighted by Gasteiger charge is -2.32. The Hall–Kier alpha value is -0.890. The van der Waals surface area contributed by atoms with Crippen molar-refractivity contribution >= 4 is 11.6 Å². The lowest BCUT2D eigenvalue weighted by Crippen LogP contribution is -2.28. The van der Waals surface area contributed by atoms with Crippen LogP contribution in [-0.4, -0.2) is 13.2 Å². The van der Waals surface area contributed by atoms with Crippen molar-refractivity contribution < 1.29 is 9.47 Å². The molecule has 0 saturated heterocycles. The third kappa shape index (κ3) is 3.56. The minimum absolute atomic E-state index is 0.307. The van der Waals surface area contributed by atoms with Gasteiger partial charge in [0.25, 0.3) is 0 Å². The first-order valence-corrected chi connectivity index (χ1v) is 7.57. The van der Waals surface area contributed by atoms with E-state index in [-0.39, 0.29) is 0 Å². The average Bonchev–Trinajstić information content (AvgIpc) is 2.43.